The number of hydrogen-bond acceptors (Lipinski definition) is 5. The van der Waals surface area contributed by atoms with Crippen molar-refractivity contribution in [3.05, 3.63) is 47.5 Å². The summed E-state index contributed by atoms with van der Waals surface area (Å²) in [7, 11) is 1.38. The van der Waals surface area contributed by atoms with Crippen molar-refractivity contribution in [3.63, 3.8) is 0 Å². The fourth-order valence-corrected chi connectivity index (χ4v) is 2.60. The van der Waals surface area contributed by atoms with E-state index in [9.17, 15) is 4.79 Å². The standard InChI is InChI=1S/C19H28N6O2.HI/c1-4-17-24-23-14-25(17)13-12-22-19(20-5-2)21-11-10-15-6-8-16(9-7-15)18(26)27-3;/h6-9,14H,4-5,10-13H2,1-3H3,(H2,20,21,22);1H. The van der Waals surface area contributed by atoms with Crippen molar-refractivity contribution >= 4 is 35.9 Å². The molecule has 0 atom stereocenters. The van der Waals surface area contributed by atoms with Crippen molar-refractivity contribution in [2.75, 3.05) is 26.7 Å². The van der Waals surface area contributed by atoms with Gasteiger partial charge in [0.25, 0.3) is 0 Å². The van der Waals surface area contributed by atoms with Crippen molar-refractivity contribution in [1.82, 2.24) is 25.4 Å². The highest BCUT2D eigenvalue weighted by atomic mass is 127. The number of methoxy groups -OCH3 is 1. The Labute approximate surface area is 183 Å². The van der Waals surface area contributed by atoms with Gasteiger partial charge in [-0.2, -0.15) is 0 Å². The van der Waals surface area contributed by atoms with Gasteiger partial charge in [-0.15, -0.1) is 34.2 Å². The van der Waals surface area contributed by atoms with Gasteiger partial charge >= 0.3 is 5.97 Å². The highest BCUT2D eigenvalue weighted by molar-refractivity contribution is 14.0. The third kappa shape index (κ3) is 7.45. The third-order valence-electron chi connectivity index (χ3n) is 4.05. The molecule has 9 heteroatoms. The molecule has 0 fully saturated rings. The van der Waals surface area contributed by atoms with Gasteiger partial charge in [0.2, 0.25) is 0 Å². The van der Waals surface area contributed by atoms with Crippen LogP contribution in [0.1, 0.15) is 35.6 Å². The highest BCUT2D eigenvalue weighted by Gasteiger charge is 2.05. The Kier molecular flexibility index (Phi) is 11.2. The first-order valence-corrected chi connectivity index (χ1v) is 9.24. The Morgan fingerprint density at radius 1 is 1.21 bits per heavy atom. The Hall–Kier alpha value is -2.17. The van der Waals surface area contributed by atoms with Crippen molar-refractivity contribution in [1.29, 1.82) is 0 Å². The molecular weight excluding hydrogens is 471 g/mol. The van der Waals surface area contributed by atoms with E-state index in [1.165, 1.54) is 7.11 Å². The molecule has 0 saturated carbocycles. The Bertz CT molecular complexity index is 745. The van der Waals surface area contributed by atoms with Crippen LogP contribution < -0.4 is 10.6 Å². The molecule has 0 aliphatic rings. The lowest BCUT2D eigenvalue weighted by atomic mass is 10.1. The van der Waals surface area contributed by atoms with Crippen LogP contribution in [0.2, 0.25) is 0 Å². The van der Waals surface area contributed by atoms with E-state index in [1.54, 1.807) is 18.5 Å². The van der Waals surface area contributed by atoms with Gasteiger partial charge in [0.15, 0.2) is 5.96 Å². The molecule has 8 nitrogen and oxygen atoms in total. The van der Waals surface area contributed by atoms with E-state index in [4.69, 9.17) is 4.74 Å². The van der Waals surface area contributed by atoms with E-state index in [0.717, 1.165) is 49.8 Å². The maximum absolute atomic E-state index is 11.5. The lowest BCUT2D eigenvalue weighted by molar-refractivity contribution is 0.0600. The summed E-state index contributed by atoms with van der Waals surface area (Å²) in [5, 5.41) is 14.6. The molecule has 1 heterocycles. The largest absolute Gasteiger partial charge is 0.465 e. The molecule has 0 amide bonds. The second-order valence-electron chi connectivity index (χ2n) is 5.92. The third-order valence-corrected chi connectivity index (χ3v) is 4.05. The van der Waals surface area contributed by atoms with Crippen molar-refractivity contribution in [3.8, 4) is 0 Å². The van der Waals surface area contributed by atoms with Crippen LogP contribution in [0.4, 0.5) is 0 Å². The zero-order valence-electron chi connectivity index (χ0n) is 16.6. The van der Waals surface area contributed by atoms with Crippen LogP contribution >= 0.6 is 24.0 Å². The number of aliphatic imine (C=N–C) groups is 1. The number of hydrogen-bond donors (Lipinski definition) is 2. The molecule has 2 N–H and O–H groups in total. The molecule has 0 spiro atoms. The lowest BCUT2D eigenvalue weighted by Gasteiger charge is -2.12. The fraction of sp³-hybridized carbons (Fsp3) is 0.474. The predicted octanol–water partition coefficient (Wildman–Crippen LogP) is 2.04. The zero-order chi connectivity index (χ0) is 19.5. The summed E-state index contributed by atoms with van der Waals surface area (Å²) >= 11 is 0. The highest BCUT2D eigenvalue weighted by Crippen LogP contribution is 2.06. The number of benzene rings is 1. The van der Waals surface area contributed by atoms with Gasteiger partial charge < -0.3 is 19.9 Å². The van der Waals surface area contributed by atoms with Crippen molar-refractivity contribution in [2.45, 2.75) is 33.2 Å². The number of aromatic nitrogens is 3. The molecule has 154 valence electrons. The minimum atomic E-state index is -0.322. The van der Waals surface area contributed by atoms with Gasteiger partial charge in [-0.1, -0.05) is 19.1 Å². The van der Waals surface area contributed by atoms with Crippen LogP contribution in [0.15, 0.2) is 35.6 Å². The van der Waals surface area contributed by atoms with E-state index >= 15 is 0 Å². The number of aryl methyl sites for hydroxylation is 1. The zero-order valence-corrected chi connectivity index (χ0v) is 19.0. The molecule has 2 aromatic rings. The van der Waals surface area contributed by atoms with Gasteiger partial charge in [0, 0.05) is 32.6 Å². The smallest absolute Gasteiger partial charge is 0.337 e. The number of esters is 1. The summed E-state index contributed by atoms with van der Waals surface area (Å²) in [5.74, 6) is 1.45. The predicted molar refractivity (Wildman–Crippen MR) is 120 cm³/mol. The quantitative estimate of drug-likeness (QED) is 0.237. The Balaban J connectivity index is 0.00000392. The van der Waals surface area contributed by atoms with Crippen LogP contribution in [0.5, 0.6) is 0 Å². The molecule has 0 unspecified atom stereocenters. The van der Waals surface area contributed by atoms with Crippen LogP contribution in [0.3, 0.4) is 0 Å². The summed E-state index contributed by atoms with van der Waals surface area (Å²) in [6, 6.07) is 7.42. The minimum Gasteiger partial charge on any atom is -0.465 e. The maximum atomic E-state index is 11.5. The molecule has 28 heavy (non-hydrogen) atoms. The molecular formula is C19H29IN6O2. The van der Waals surface area contributed by atoms with Gasteiger partial charge in [0.1, 0.15) is 12.2 Å². The number of ether oxygens (including phenoxy) is 1. The van der Waals surface area contributed by atoms with Gasteiger partial charge in [-0.25, -0.2) is 4.79 Å². The maximum Gasteiger partial charge on any atom is 0.337 e. The number of nitrogens with zero attached hydrogens (tertiary/aromatic N) is 4. The molecule has 0 bridgehead atoms. The number of carbonyl (C=O) groups is 1. The number of rotatable bonds is 9. The number of halogens is 1. The van der Waals surface area contributed by atoms with Crippen LogP contribution in [0.25, 0.3) is 0 Å². The lowest BCUT2D eigenvalue weighted by Crippen LogP contribution is -2.39. The molecule has 1 aromatic heterocycles. The van der Waals surface area contributed by atoms with Crippen LogP contribution in [0, 0.1) is 0 Å². The molecule has 0 radical (unpaired) electrons. The average Bonchev–Trinajstić information content (AvgIpc) is 3.15. The fourth-order valence-electron chi connectivity index (χ4n) is 2.60. The molecule has 1 aromatic carbocycles. The summed E-state index contributed by atoms with van der Waals surface area (Å²) in [5.41, 5.74) is 1.68. The van der Waals surface area contributed by atoms with Crippen LogP contribution in [-0.2, 0) is 24.1 Å². The second kappa shape index (κ2) is 13.1. The second-order valence-corrected chi connectivity index (χ2v) is 5.92. The average molecular weight is 500 g/mol. The van der Waals surface area contributed by atoms with Gasteiger partial charge in [-0.3, -0.25) is 4.99 Å². The van der Waals surface area contributed by atoms with Crippen molar-refractivity contribution in [2.24, 2.45) is 4.99 Å². The minimum absolute atomic E-state index is 0. The topological polar surface area (TPSA) is 93.4 Å². The normalized spacial score (nSPS) is 10.9. The van der Waals surface area contributed by atoms with E-state index in [0.29, 0.717) is 12.1 Å². The summed E-state index contributed by atoms with van der Waals surface area (Å²) in [4.78, 5) is 16.1. The molecule has 0 aliphatic carbocycles. The first kappa shape index (κ1) is 23.9. The summed E-state index contributed by atoms with van der Waals surface area (Å²) < 4.78 is 6.75. The molecule has 0 saturated heterocycles. The molecule has 0 aliphatic heterocycles. The molecule has 2 rings (SSSR count). The first-order chi connectivity index (χ1) is 13.2. The van der Waals surface area contributed by atoms with Crippen molar-refractivity contribution < 1.29 is 9.53 Å². The van der Waals surface area contributed by atoms with E-state index in [1.807, 2.05) is 23.6 Å². The van der Waals surface area contributed by atoms with Gasteiger partial charge in [-0.05, 0) is 31.0 Å². The van der Waals surface area contributed by atoms with Crippen LogP contribution in [-0.4, -0.2) is 53.4 Å². The van der Waals surface area contributed by atoms with Gasteiger partial charge in [0.05, 0.1) is 12.7 Å². The summed E-state index contributed by atoms with van der Waals surface area (Å²) in [6.07, 6.45) is 3.41. The monoisotopic (exact) mass is 500 g/mol. The first-order valence-electron chi connectivity index (χ1n) is 9.24. The van der Waals surface area contributed by atoms with E-state index < -0.39 is 0 Å². The summed E-state index contributed by atoms with van der Waals surface area (Å²) in [6.45, 7) is 7.08. The Morgan fingerprint density at radius 3 is 2.61 bits per heavy atom. The number of carbonyl (C=O) groups excluding carboxylic acids is 1. The Morgan fingerprint density at radius 2 is 1.96 bits per heavy atom. The SMILES string of the molecule is CCNC(=NCCc1ccc(C(=O)OC)cc1)NCCn1cnnc1CC.I. The number of nitrogens with one attached hydrogen (secondary N) is 2. The number of guanidine groups is 1. The van der Waals surface area contributed by atoms with E-state index in [2.05, 4.69) is 32.7 Å². The van der Waals surface area contributed by atoms with E-state index in [-0.39, 0.29) is 29.9 Å².